The second-order valence-electron chi connectivity index (χ2n) is 4.16. The van der Waals surface area contributed by atoms with Crippen LogP contribution in [0.1, 0.15) is 25.7 Å². The van der Waals surface area contributed by atoms with Crippen LogP contribution in [0.15, 0.2) is 0 Å². The molecule has 70 valence electrons. The van der Waals surface area contributed by atoms with E-state index in [4.69, 9.17) is 9.84 Å². The van der Waals surface area contributed by atoms with E-state index in [9.17, 15) is 0 Å². The van der Waals surface area contributed by atoms with Crippen LogP contribution in [0, 0.1) is 17.8 Å². The second kappa shape index (κ2) is 3.75. The minimum atomic E-state index is 0.358. The molecule has 2 rings (SSSR count). The molecule has 1 saturated carbocycles. The van der Waals surface area contributed by atoms with Gasteiger partial charge in [-0.15, -0.1) is 0 Å². The average Bonchev–Trinajstić information content (AvgIpc) is 2.75. The SMILES string of the molecule is OCCCC(C1CC1)C1COC1. The lowest BCUT2D eigenvalue weighted by Crippen LogP contribution is -2.35. The summed E-state index contributed by atoms with van der Waals surface area (Å²) in [4.78, 5) is 0. The highest BCUT2D eigenvalue weighted by Crippen LogP contribution is 2.44. The van der Waals surface area contributed by atoms with Crippen LogP contribution in [-0.4, -0.2) is 24.9 Å². The third kappa shape index (κ3) is 1.80. The van der Waals surface area contributed by atoms with Gasteiger partial charge in [0.15, 0.2) is 0 Å². The van der Waals surface area contributed by atoms with Crippen molar-refractivity contribution in [3.63, 3.8) is 0 Å². The number of ether oxygens (including phenoxy) is 1. The summed E-state index contributed by atoms with van der Waals surface area (Å²) in [7, 11) is 0. The van der Waals surface area contributed by atoms with Gasteiger partial charge in [-0.3, -0.25) is 0 Å². The van der Waals surface area contributed by atoms with Crippen LogP contribution in [0.4, 0.5) is 0 Å². The minimum absolute atomic E-state index is 0.358. The van der Waals surface area contributed by atoms with Crippen molar-refractivity contribution in [3.8, 4) is 0 Å². The lowest BCUT2D eigenvalue weighted by molar-refractivity contribution is -0.0679. The van der Waals surface area contributed by atoms with Gasteiger partial charge in [0.2, 0.25) is 0 Å². The van der Waals surface area contributed by atoms with E-state index in [1.165, 1.54) is 19.3 Å². The third-order valence-electron chi connectivity index (χ3n) is 3.19. The van der Waals surface area contributed by atoms with Gasteiger partial charge in [0, 0.05) is 12.5 Å². The lowest BCUT2D eigenvalue weighted by Gasteiger charge is -2.34. The molecule has 0 aromatic carbocycles. The highest BCUT2D eigenvalue weighted by Gasteiger charge is 2.38. The van der Waals surface area contributed by atoms with Crippen molar-refractivity contribution in [1.82, 2.24) is 0 Å². The largest absolute Gasteiger partial charge is 0.396 e. The lowest BCUT2D eigenvalue weighted by atomic mass is 9.83. The summed E-state index contributed by atoms with van der Waals surface area (Å²) in [5.41, 5.74) is 0. The molecule has 0 radical (unpaired) electrons. The molecule has 2 heteroatoms. The molecule has 1 atom stereocenters. The molecule has 2 aliphatic rings. The maximum atomic E-state index is 8.76. The predicted molar refractivity (Wildman–Crippen MR) is 46.8 cm³/mol. The normalized spacial score (nSPS) is 26.8. The zero-order valence-electron chi connectivity index (χ0n) is 7.54. The Balaban J connectivity index is 1.75. The van der Waals surface area contributed by atoms with Crippen molar-refractivity contribution in [3.05, 3.63) is 0 Å². The van der Waals surface area contributed by atoms with Gasteiger partial charge < -0.3 is 9.84 Å². The topological polar surface area (TPSA) is 29.5 Å². The van der Waals surface area contributed by atoms with Gasteiger partial charge in [-0.05, 0) is 37.5 Å². The van der Waals surface area contributed by atoms with Crippen LogP contribution in [0.5, 0.6) is 0 Å². The summed E-state index contributed by atoms with van der Waals surface area (Å²) in [6.45, 7) is 2.32. The van der Waals surface area contributed by atoms with Crippen molar-refractivity contribution in [2.24, 2.45) is 17.8 Å². The molecule has 1 aliphatic heterocycles. The van der Waals surface area contributed by atoms with Gasteiger partial charge in [0.25, 0.3) is 0 Å². The zero-order chi connectivity index (χ0) is 8.39. The first-order valence-corrected chi connectivity index (χ1v) is 5.10. The van der Waals surface area contributed by atoms with Gasteiger partial charge >= 0.3 is 0 Å². The van der Waals surface area contributed by atoms with E-state index in [-0.39, 0.29) is 0 Å². The molecule has 0 spiro atoms. The van der Waals surface area contributed by atoms with E-state index in [0.29, 0.717) is 6.61 Å². The molecule has 1 heterocycles. The molecule has 0 aromatic rings. The van der Waals surface area contributed by atoms with E-state index in [0.717, 1.165) is 37.4 Å². The van der Waals surface area contributed by atoms with E-state index >= 15 is 0 Å². The number of aliphatic hydroxyl groups excluding tert-OH is 1. The van der Waals surface area contributed by atoms with E-state index < -0.39 is 0 Å². The summed E-state index contributed by atoms with van der Waals surface area (Å²) in [5, 5.41) is 8.76. The molecular weight excluding hydrogens is 152 g/mol. The fourth-order valence-electron chi connectivity index (χ4n) is 2.21. The molecule has 1 unspecified atom stereocenters. The van der Waals surface area contributed by atoms with Gasteiger partial charge in [-0.25, -0.2) is 0 Å². The monoisotopic (exact) mass is 170 g/mol. The first-order valence-electron chi connectivity index (χ1n) is 5.10. The highest BCUT2D eigenvalue weighted by atomic mass is 16.5. The van der Waals surface area contributed by atoms with Crippen LogP contribution in [0.2, 0.25) is 0 Å². The molecule has 1 aliphatic carbocycles. The third-order valence-corrected chi connectivity index (χ3v) is 3.19. The molecular formula is C10H18O2. The number of aliphatic hydroxyl groups is 1. The molecule has 2 fully saturated rings. The fraction of sp³-hybridized carbons (Fsp3) is 1.00. The van der Waals surface area contributed by atoms with E-state index in [1.807, 2.05) is 0 Å². The fourth-order valence-corrected chi connectivity index (χ4v) is 2.21. The quantitative estimate of drug-likeness (QED) is 0.676. The van der Waals surface area contributed by atoms with Gasteiger partial charge in [-0.1, -0.05) is 0 Å². The number of hydrogen-bond acceptors (Lipinski definition) is 2. The Morgan fingerprint density at radius 3 is 2.42 bits per heavy atom. The second-order valence-corrected chi connectivity index (χ2v) is 4.16. The summed E-state index contributed by atoms with van der Waals surface area (Å²) in [6, 6.07) is 0. The van der Waals surface area contributed by atoms with Crippen molar-refractivity contribution >= 4 is 0 Å². The van der Waals surface area contributed by atoms with Crippen LogP contribution >= 0.6 is 0 Å². The maximum Gasteiger partial charge on any atom is 0.0519 e. The summed E-state index contributed by atoms with van der Waals surface area (Å²) >= 11 is 0. The van der Waals surface area contributed by atoms with Gasteiger partial charge in [0.1, 0.15) is 0 Å². The molecule has 2 nitrogen and oxygen atoms in total. The van der Waals surface area contributed by atoms with Gasteiger partial charge in [0.05, 0.1) is 13.2 Å². The first kappa shape index (κ1) is 8.52. The number of rotatable bonds is 5. The standard InChI is InChI=1S/C10H18O2/c11-5-1-2-10(8-3-4-8)9-6-12-7-9/h8-11H,1-7H2. The molecule has 0 bridgehead atoms. The van der Waals surface area contributed by atoms with Crippen molar-refractivity contribution < 1.29 is 9.84 Å². The molecule has 1 saturated heterocycles. The van der Waals surface area contributed by atoms with Crippen LogP contribution in [-0.2, 0) is 4.74 Å². The predicted octanol–water partition coefficient (Wildman–Crippen LogP) is 1.43. The Morgan fingerprint density at radius 2 is 2.00 bits per heavy atom. The van der Waals surface area contributed by atoms with Gasteiger partial charge in [-0.2, -0.15) is 0 Å². The highest BCUT2D eigenvalue weighted by molar-refractivity contribution is 4.87. The van der Waals surface area contributed by atoms with Crippen molar-refractivity contribution in [1.29, 1.82) is 0 Å². The Labute approximate surface area is 73.9 Å². The van der Waals surface area contributed by atoms with E-state index in [1.54, 1.807) is 0 Å². The average molecular weight is 170 g/mol. The molecule has 1 N–H and O–H groups in total. The molecule has 12 heavy (non-hydrogen) atoms. The smallest absolute Gasteiger partial charge is 0.0519 e. The number of hydrogen-bond donors (Lipinski definition) is 1. The Morgan fingerprint density at radius 1 is 1.25 bits per heavy atom. The first-order chi connectivity index (χ1) is 5.92. The summed E-state index contributed by atoms with van der Waals surface area (Å²) in [6.07, 6.45) is 5.05. The Bertz CT molecular complexity index is 139. The zero-order valence-corrected chi connectivity index (χ0v) is 7.54. The molecule has 0 aromatic heterocycles. The van der Waals surface area contributed by atoms with Crippen LogP contribution in [0.3, 0.4) is 0 Å². The summed E-state index contributed by atoms with van der Waals surface area (Å²) in [5.74, 6) is 2.67. The summed E-state index contributed by atoms with van der Waals surface area (Å²) < 4.78 is 5.21. The Kier molecular flexibility index (Phi) is 2.66. The van der Waals surface area contributed by atoms with Crippen molar-refractivity contribution in [2.75, 3.05) is 19.8 Å². The maximum absolute atomic E-state index is 8.76. The van der Waals surface area contributed by atoms with E-state index in [2.05, 4.69) is 0 Å². The minimum Gasteiger partial charge on any atom is -0.396 e. The van der Waals surface area contributed by atoms with Crippen LogP contribution < -0.4 is 0 Å². The molecule has 0 amide bonds. The Hall–Kier alpha value is -0.0800. The van der Waals surface area contributed by atoms with Crippen molar-refractivity contribution in [2.45, 2.75) is 25.7 Å². The van der Waals surface area contributed by atoms with Crippen LogP contribution in [0.25, 0.3) is 0 Å².